The number of benzene rings is 1. The van der Waals surface area contributed by atoms with Gasteiger partial charge in [0.2, 0.25) is 5.91 Å². The van der Waals surface area contributed by atoms with Crippen molar-refractivity contribution in [1.82, 2.24) is 30.5 Å². The van der Waals surface area contributed by atoms with E-state index in [0.29, 0.717) is 43.4 Å². The van der Waals surface area contributed by atoms with Gasteiger partial charge in [-0.1, -0.05) is 12.1 Å². The number of methoxy groups -OCH3 is 1. The van der Waals surface area contributed by atoms with Crippen LogP contribution in [0, 0.1) is 17.7 Å². The van der Waals surface area contributed by atoms with Gasteiger partial charge in [-0.2, -0.15) is 0 Å². The largest absolute Gasteiger partial charge is 0.496 e. The van der Waals surface area contributed by atoms with Crippen LogP contribution in [-0.4, -0.2) is 63.7 Å². The number of halogens is 1. The number of aromatic nitrogens is 2. The number of pyridine rings is 1. The minimum Gasteiger partial charge on any atom is -0.496 e. The molecule has 4 N–H and O–H groups in total. The third kappa shape index (κ3) is 4.89. The van der Waals surface area contributed by atoms with E-state index >= 15 is 0 Å². The Morgan fingerprint density at radius 1 is 1.24 bits per heavy atom. The van der Waals surface area contributed by atoms with Crippen molar-refractivity contribution in [3.63, 3.8) is 0 Å². The van der Waals surface area contributed by atoms with Crippen LogP contribution in [0.4, 0.5) is 4.39 Å². The van der Waals surface area contributed by atoms with Gasteiger partial charge in [0.1, 0.15) is 17.2 Å². The molecular formula is C28H35FN6O3. The van der Waals surface area contributed by atoms with Crippen LogP contribution in [0.15, 0.2) is 48.9 Å². The number of hydrogen-bond acceptors (Lipinski definition) is 7. The Balaban J connectivity index is 1.10. The van der Waals surface area contributed by atoms with Gasteiger partial charge in [-0.25, -0.2) is 14.8 Å². The van der Waals surface area contributed by atoms with Crippen molar-refractivity contribution >= 4 is 11.6 Å². The number of fused-ring (bicyclic) bond motifs is 2. The van der Waals surface area contributed by atoms with Crippen LogP contribution < -0.4 is 20.9 Å². The number of carbonyl (C=O) groups is 1. The fourth-order valence-corrected chi connectivity index (χ4v) is 6.45. The molecule has 1 aliphatic carbocycles. The van der Waals surface area contributed by atoms with Crippen molar-refractivity contribution in [2.45, 2.75) is 56.5 Å². The predicted molar refractivity (Wildman–Crippen MR) is 140 cm³/mol. The fraction of sp³-hybridized carbons (Fsp3) is 0.500. The molecule has 6 atom stereocenters. The van der Waals surface area contributed by atoms with Crippen molar-refractivity contribution in [1.29, 1.82) is 0 Å². The Hall–Kier alpha value is -3.05. The molecule has 1 aromatic carbocycles. The first-order valence-corrected chi connectivity index (χ1v) is 13.5. The molecule has 1 amide bonds. The van der Waals surface area contributed by atoms with Crippen LogP contribution >= 0.6 is 0 Å². The predicted octanol–water partition coefficient (Wildman–Crippen LogP) is 2.17. The minimum absolute atomic E-state index is 0.00599. The first-order valence-electron chi connectivity index (χ1n) is 13.5. The molecule has 6 rings (SSSR count). The highest BCUT2D eigenvalue weighted by Gasteiger charge is 2.43. The first kappa shape index (κ1) is 25.2. The van der Waals surface area contributed by atoms with Crippen molar-refractivity contribution in [2.75, 3.05) is 20.2 Å². The number of rotatable bonds is 6. The zero-order chi connectivity index (χ0) is 26.2. The van der Waals surface area contributed by atoms with Crippen LogP contribution in [0.3, 0.4) is 0 Å². The van der Waals surface area contributed by atoms with E-state index in [1.54, 1.807) is 18.3 Å². The van der Waals surface area contributed by atoms with Crippen LogP contribution in [0.25, 0.3) is 5.65 Å². The molecule has 4 heterocycles. The Morgan fingerprint density at radius 2 is 2.13 bits per heavy atom. The molecule has 3 aromatic rings. The topological polar surface area (TPSA) is 103 Å². The molecule has 9 nitrogen and oxygen atoms in total. The van der Waals surface area contributed by atoms with Gasteiger partial charge in [0.25, 0.3) is 0 Å². The van der Waals surface area contributed by atoms with E-state index < -0.39 is 12.1 Å². The van der Waals surface area contributed by atoms with E-state index in [9.17, 15) is 14.3 Å². The number of hydrogen-bond donors (Lipinski definition) is 4. The number of nitrogens with one attached hydrogen (secondary N) is 3. The average molecular weight is 523 g/mol. The zero-order valence-electron chi connectivity index (χ0n) is 21.5. The average Bonchev–Trinajstić information content (AvgIpc) is 3.57. The van der Waals surface area contributed by atoms with Gasteiger partial charge in [0.05, 0.1) is 25.3 Å². The summed E-state index contributed by atoms with van der Waals surface area (Å²) in [7, 11) is 1.53. The van der Waals surface area contributed by atoms with Crippen molar-refractivity contribution in [3.8, 4) is 5.75 Å². The lowest BCUT2D eigenvalue weighted by atomic mass is 9.74. The van der Waals surface area contributed by atoms with Crippen molar-refractivity contribution in [3.05, 3.63) is 65.9 Å². The summed E-state index contributed by atoms with van der Waals surface area (Å²) < 4.78 is 21.9. The number of aliphatic hydroxyl groups excluding tert-OH is 1. The molecule has 1 saturated carbocycles. The summed E-state index contributed by atoms with van der Waals surface area (Å²) in [4.78, 5) is 19.8. The Kier molecular flexibility index (Phi) is 7.05. The van der Waals surface area contributed by atoms with E-state index in [1.807, 2.05) is 16.7 Å². The van der Waals surface area contributed by atoms with Gasteiger partial charge in [0.15, 0.2) is 0 Å². The lowest BCUT2D eigenvalue weighted by molar-refractivity contribution is -0.129. The van der Waals surface area contributed by atoms with E-state index in [0.717, 1.165) is 24.9 Å². The van der Waals surface area contributed by atoms with E-state index in [4.69, 9.17) is 4.74 Å². The zero-order valence-corrected chi connectivity index (χ0v) is 21.5. The SMILES string of the molecule is COc1cccc(F)c1CN1CCC(O)C(NC(=O)C2CCC3NNC(c4ccc5nccn5c4)C3C2)C1. The minimum atomic E-state index is -0.626. The Morgan fingerprint density at radius 3 is 3.00 bits per heavy atom. The maximum atomic E-state index is 14.5. The first-order chi connectivity index (χ1) is 18.5. The molecule has 202 valence electrons. The lowest BCUT2D eigenvalue weighted by Crippen LogP contribution is -2.56. The number of amides is 1. The second-order valence-corrected chi connectivity index (χ2v) is 10.8. The number of nitrogens with zero attached hydrogens (tertiary/aromatic N) is 3. The van der Waals surface area contributed by atoms with Gasteiger partial charge in [0, 0.05) is 55.7 Å². The van der Waals surface area contributed by atoms with Gasteiger partial charge in [-0.05, 0) is 55.4 Å². The highest BCUT2D eigenvalue weighted by Crippen LogP contribution is 2.40. The number of ether oxygens (including phenoxy) is 1. The molecule has 3 aliphatic rings. The second kappa shape index (κ2) is 10.6. The van der Waals surface area contributed by atoms with Gasteiger partial charge in [-0.3, -0.25) is 15.1 Å². The Labute approximate surface area is 221 Å². The molecule has 10 heteroatoms. The summed E-state index contributed by atoms with van der Waals surface area (Å²) in [5, 5.41) is 13.8. The van der Waals surface area contributed by atoms with E-state index in [-0.39, 0.29) is 29.6 Å². The van der Waals surface area contributed by atoms with Gasteiger partial charge < -0.3 is 19.6 Å². The Bertz CT molecular complexity index is 1300. The summed E-state index contributed by atoms with van der Waals surface area (Å²) in [6.07, 6.45) is 8.20. The van der Waals surface area contributed by atoms with Crippen LogP contribution in [0.5, 0.6) is 5.75 Å². The van der Waals surface area contributed by atoms with Gasteiger partial charge in [-0.15, -0.1) is 0 Å². The smallest absolute Gasteiger partial charge is 0.223 e. The monoisotopic (exact) mass is 522 g/mol. The molecule has 2 aromatic heterocycles. The third-order valence-electron chi connectivity index (χ3n) is 8.56. The van der Waals surface area contributed by atoms with Crippen molar-refractivity contribution < 1.29 is 19.0 Å². The molecule has 3 fully saturated rings. The maximum Gasteiger partial charge on any atom is 0.223 e. The van der Waals surface area contributed by atoms with E-state index in [1.165, 1.54) is 18.7 Å². The van der Waals surface area contributed by atoms with Crippen LogP contribution in [0.1, 0.15) is 42.9 Å². The molecular weight excluding hydrogens is 487 g/mol. The molecule has 0 spiro atoms. The third-order valence-corrected chi connectivity index (χ3v) is 8.56. The fourth-order valence-electron chi connectivity index (χ4n) is 6.45. The molecule has 6 unspecified atom stereocenters. The maximum absolute atomic E-state index is 14.5. The standard InChI is InChI=1S/C28H35FN6O3/c1-38-25-4-2-3-21(29)20(25)15-34-11-9-24(36)23(16-34)31-28(37)17-5-7-22-19(13-17)27(33-32-22)18-6-8-26-30-10-12-35(26)14-18/h2-4,6,8,10,12,14,17,19,22-24,27,32-33,36H,5,7,9,11,13,15-16H2,1H3,(H,31,37). The highest BCUT2D eigenvalue weighted by atomic mass is 19.1. The molecule has 2 aliphatic heterocycles. The number of likely N-dealkylation sites (tertiary alicyclic amines) is 1. The second-order valence-electron chi connectivity index (χ2n) is 10.8. The van der Waals surface area contributed by atoms with Gasteiger partial charge >= 0.3 is 0 Å². The summed E-state index contributed by atoms with van der Waals surface area (Å²) in [6, 6.07) is 8.95. The summed E-state index contributed by atoms with van der Waals surface area (Å²) in [5.41, 5.74) is 9.47. The molecule has 0 bridgehead atoms. The lowest BCUT2D eigenvalue weighted by Gasteiger charge is -2.38. The number of aliphatic hydroxyl groups is 1. The summed E-state index contributed by atoms with van der Waals surface area (Å²) in [5.74, 6) is 0.351. The molecule has 0 radical (unpaired) electrons. The van der Waals surface area contributed by atoms with Crippen LogP contribution in [0.2, 0.25) is 0 Å². The summed E-state index contributed by atoms with van der Waals surface area (Å²) in [6.45, 7) is 1.45. The highest BCUT2D eigenvalue weighted by molar-refractivity contribution is 5.79. The molecule has 38 heavy (non-hydrogen) atoms. The number of carbonyl (C=O) groups excluding carboxylic acids is 1. The normalized spacial score (nSPS) is 29.8. The number of hydrazine groups is 1. The van der Waals surface area contributed by atoms with E-state index in [2.05, 4.69) is 38.3 Å². The molecule has 2 saturated heterocycles. The van der Waals surface area contributed by atoms with Crippen LogP contribution in [-0.2, 0) is 11.3 Å². The number of imidazole rings is 1. The van der Waals surface area contributed by atoms with Crippen molar-refractivity contribution in [2.24, 2.45) is 11.8 Å². The quantitative estimate of drug-likeness (QED) is 0.394. The summed E-state index contributed by atoms with van der Waals surface area (Å²) >= 11 is 0. The number of piperidine rings is 1.